The second kappa shape index (κ2) is 16.1. The summed E-state index contributed by atoms with van der Waals surface area (Å²) in [6.45, 7) is 14.5. The Bertz CT molecular complexity index is 1640. The Morgan fingerprint density at radius 1 is 1.10 bits per heavy atom. The summed E-state index contributed by atoms with van der Waals surface area (Å²) in [4.78, 5) is 20.6. The van der Waals surface area contributed by atoms with Crippen LogP contribution in [0.5, 0.6) is 5.75 Å². The van der Waals surface area contributed by atoms with Crippen LogP contribution in [-0.2, 0) is 24.5 Å². The highest BCUT2D eigenvalue weighted by Gasteiger charge is 2.40. The van der Waals surface area contributed by atoms with Crippen molar-refractivity contribution in [3.63, 3.8) is 0 Å². The van der Waals surface area contributed by atoms with Crippen LogP contribution in [0.3, 0.4) is 0 Å². The number of amides is 1. The second-order valence-electron chi connectivity index (χ2n) is 13.6. The Hall–Kier alpha value is -3.10. The number of hydrogen-bond acceptors (Lipinski definition) is 5. The molecule has 7 unspecified atom stereocenters. The van der Waals surface area contributed by atoms with Crippen LogP contribution in [0.15, 0.2) is 54.7 Å². The van der Waals surface area contributed by atoms with Crippen molar-refractivity contribution in [1.82, 2.24) is 14.3 Å². The van der Waals surface area contributed by atoms with Gasteiger partial charge in [0.15, 0.2) is 0 Å². The molecule has 0 radical (unpaired) electrons. The van der Waals surface area contributed by atoms with Crippen molar-refractivity contribution >= 4 is 34.2 Å². The number of halogens is 1. The van der Waals surface area contributed by atoms with Crippen LogP contribution < -0.4 is 14.4 Å². The molecule has 7 nitrogen and oxygen atoms in total. The quantitative estimate of drug-likeness (QED) is 0.278. The number of nitrogens with zero attached hydrogens (tertiary/aromatic N) is 3. The molecule has 7 atom stereocenters. The van der Waals surface area contributed by atoms with E-state index in [1.54, 1.807) is 6.07 Å². The van der Waals surface area contributed by atoms with Crippen molar-refractivity contribution in [3.05, 3.63) is 88.0 Å². The number of aryl methyl sites for hydroxylation is 2. The van der Waals surface area contributed by atoms with E-state index in [0.717, 1.165) is 67.5 Å². The molecule has 0 spiro atoms. The summed E-state index contributed by atoms with van der Waals surface area (Å²) in [6, 6.07) is 11.9. The summed E-state index contributed by atoms with van der Waals surface area (Å²) in [5.74, 6) is 2.91. The molecule has 3 heterocycles. The molecule has 1 N–H and O–H groups in total. The van der Waals surface area contributed by atoms with E-state index in [0.29, 0.717) is 24.0 Å². The predicted molar refractivity (Wildman–Crippen MR) is 199 cm³/mol. The SMILES string of the molecule is CC.CCCc1cc(Cl)ccc1C1COc2ccc3cc2N(C1)CC1CCC1C(c1cnc(C)n1C)/C=C/CC(C)C(C)S(=O)NC3=O. The fourth-order valence-electron chi connectivity index (χ4n) is 7.41. The van der Waals surface area contributed by atoms with Crippen LogP contribution in [0.1, 0.15) is 105 Å². The summed E-state index contributed by atoms with van der Waals surface area (Å²) in [5, 5.41) is 0.557. The van der Waals surface area contributed by atoms with Gasteiger partial charge >= 0.3 is 0 Å². The van der Waals surface area contributed by atoms with Gasteiger partial charge in [-0.1, -0.05) is 63.9 Å². The molecular weight excluding hydrogens is 640 g/mol. The zero-order valence-corrected chi connectivity index (χ0v) is 31.2. The first-order chi connectivity index (χ1) is 23.1. The van der Waals surface area contributed by atoms with E-state index in [2.05, 4.69) is 71.3 Å². The van der Waals surface area contributed by atoms with Crippen LogP contribution in [0.4, 0.5) is 5.69 Å². The predicted octanol–water partition coefficient (Wildman–Crippen LogP) is 8.53. The second-order valence-corrected chi connectivity index (χ2v) is 15.6. The monoisotopic (exact) mass is 692 g/mol. The summed E-state index contributed by atoms with van der Waals surface area (Å²) in [7, 11) is 0.595. The van der Waals surface area contributed by atoms with Crippen LogP contribution in [0.2, 0.25) is 5.02 Å². The number of anilines is 1. The Labute approximate surface area is 295 Å². The van der Waals surface area contributed by atoms with Crippen molar-refractivity contribution in [2.75, 3.05) is 24.6 Å². The van der Waals surface area contributed by atoms with Gasteiger partial charge in [0.1, 0.15) is 22.6 Å². The van der Waals surface area contributed by atoms with Crippen molar-refractivity contribution in [3.8, 4) is 5.75 Å². The zero-order valence-electron chi connectivity index (χ0n) is 29.7. The smallest absolute Gasteiger partial charge is 0.263 e. The van der Waals surface area contributed by atoms with E-state index in [9.17, 15) is 9.00 Å². The van der Waals surface area contributed by atoms with E-state index < -0.39 is 11.0 Å². The Morgan fingerprint density at radius 2 is 1.90 bits per heavy atom. The van der Waals surface area contributed by atoms with Crippen molar-refractivity contribution < 1.29 is 13.7 Å². The molecule has 2 bridgehead atoms. The maximum absolute atomic E-state index is 13.4. The zero-order chi connectivity index (χ0) is 34.5. The van der Waals surface area contributed by atoms with Crippen LogP contribution in [0.25, 0.3) is 0 Å². The van der Waals surface area contributed by atoms with Crippen LogP contribution >= 0.6 is 11.6 Å². The number of hydrogen-bond donors (Lipinski definition) is 1. The molecule has 2 aromatic carbocycles. The largest absolute Gasteiger partial charge is 0.491 e. The highest BCUT2D eigenvalue weighted by Crippen LogP contribution is 2.47. The van der Waals surface area contributed by atoms with Gasteiger partial charge in [0.05, 0.1) is 17.5 Å². The van der Waals surface area contributed by atoms with E-state index in [1.807, 2.05) is 45.2 Å². The molecule has 0 saturated heterocycles. The number of aromatic nitrogens is 2. The van der Waals surface area contributed by atoms with Crippen LogP contribution in [-0.4, -0.2) is 44.6 Å². The molecule has 1 fully saturated rings. The fourth-order valence-corrected chi connectivity index (χ4v) is 8.62. The van der Waals surface area contributed by atoms with Gasteiger partial charge in [-0.3, -0.25) is 9.52 Å². The van der Waals surface area contributed by atoms with E-state index in [4.69, 9.17) is 16.3 Å². The minimum absolute atomic E-state index is 0.134. The van der Waals surface area contributed by atoms with Crippen molar-refractivity contribution in [2.45, 2.75) is 90.7 Å². The summed E-state index contributed by atoms with van der Waals surface area (Å²) in [6.07, 6.45) is 11.8. The van der Waals surface area contributed by atoms with E-state index >= 15 is 0 Å². The minimum atomic E-state index is -1.52. The summed E-state index contributed by atoms with van der Waals surface area (Å²) >= 11 is 6.46. The standard InChI is InChI=1S/C37H47ClN4O3S.C2H6/c1-6-8-26-17-30(38)13-15-31(26)29-21-42-20-28-11-14-32(28)33(35-19-39-25(4)41(35)5)10-7-9-23(2)24(3)46(44)40-37(43)27-12-16-36(45-22-29)34(42)18-27;1-2/h7,10,12-13,15-19,23-24,28-29,32-33H,6,8-9,11,14,20-22H2,1-5H3,(H,40,43);1-2H3/b10-7+;. The molecule has 1 aliphatic carbocycles. The number of nitrogens with one attached hydrogen (secondary N) is 1. The molecule has 3 aliphatic rings. The summed E-state index contributed by atoms with van der Waals surface area (Å²) in [5.41, 5.74) is 5.21. The number of rotatable bonds is 4. The number of carbonyl (C=O) groups is 1. The van der Waals surface area contributed by atoms with Crippen molar-refractivity contribution in [2.24, 2.45) is 24.8 Å². The van der Waals surface area contributed by atoms with Gasteiger partial charge in [-0.15, -0.1) is 0 Å². The normalized spacial score (nSPS) is 28.0. The molecule has 48 heavy (non-hydrogen) atoms. The third-order valence-corrected chi connectivity index (χ3v) is 12.4. The maximum Gasteiger partial charge on any atom is 0.263 e. The Kier molecular flexibility index (Phi) is 12.1. The van der Waals surface area contributed by atoms with Gasteiger partial charge in [-0.2, -0.15) is 0 Å². The fraction of sp³-hybridized carbons (Fsp3) is 0.538. The lowest BCUT2D eigenvalue weighted by atomic mass is 9.65. The molecule has 6 rings (SSSR count). The third-order valence-electron chi connectivity index (χ3n) is 10.7. The first-order valence-electron chi connectivity index (χ1n) is 17.8. The van der Waals surface area contributed by atoms with Gasteiger partial charge < -0.3 is 14.2 Å². The average Bonchev–Trinajstić information content (AvgIpc) is 3.29. The highest BCUT2D eigenvalue weighted by molar-refractivity contribution is 7.84. The number of carbonyl (C=O) groups excluding carboxylic acids is 1. The van der Waals surface area contributed by atoms with E-state index in [1.165, 1.54) is 16.8 Å². The number of allylic oxidation sites excluding steroid dienone is 2. The highest BCUT2D eigenvalue weighted by atomic mass is 35.5. The molecular formula is C39H53ClN4O3S. The molecule has 1 saturated carbocycles. The number of benzene rings is 2. The topological polar surface area (TPSA) is 76.5 Å². The lowest BCUT2D eigenvalue weighted by Gasteiger charge is -2.44. The van der Waals surface area contributed by atoms with Crippen LogP contribution in [0, 0.1) is 24.7 Å². The lowest BCUT2D eigenvalue weighted by Crippen LogP contribution is -2.42. The Morgan fingerprint density at radius 3 is 2.58 bits per heavy atom. The van der Waals surface area contributed by atoms with Gasteiger partial charge in [0.2, 0.25) is 0 Å². The molecule has 2 aliphatic heterocycles. The first-order valence-corrected chi connectivity index (χ1v) is 19.4. The maximum atomic E-state index is 13.4. The summed E-state index contributed by atoms with van der Waals surface area (Å²) < 4.78 is 24.9. The molecule has 260 valence electrons. The van der Waals surface area contributed by atoms with E-state index in [-0.39, 0.29) is 28.9 Å². The molecule has 3 aromatic rings. The van der Waals surface area contributed by atoms with Gasteiger partial charge in [0, 0.05) is 54.4 Å². The first kappa shape index (κ1) is 36.2. The molecule has 9 heteroatoms. The number of ether oxygens (including phenoxy) is 1. The third kappa shape index (κ3) is 7.70. The number of imidazole rings is 1. The van der Waals surface area contributed by atoms with Gasteiger partial charge in [-0.05, 0) is 98.7 Å². The Balaban J connectivity index is 0.00000221. The molecule has 1 amide bonds. The number of fused-ring (bicyclic) bond motifs is 2. The van der Waals surface area contributed by atoms with Gasteiger partial charge in [0.25, 0.3) is 5.91 Å². The molecule has 1 aromatic heterocycles. The van der Waals surface area contributed by atoms with Crippen molar-refractivity contribution in [1.29, 1.82) is 0 Å². The average molecular weight is 693 g/mol. The van der Waals surface area contributed by atoms with Gasteiger partial charge in [-0.25, -0.2) is 9.19 Å². The lowest BCUT2D eigenvalue weighted by molar-refractivity contribution is 0.0982. The minimum Gasteiger partial charge on any atom is -0.491 e.